The highest BCUT2D eigenvalue weighted by atomic mass is 16.7. The summed E-state index contributed by atoms with van der Waals surface area (Å²) in [6.07, 6.45) is 13.8. The van der Waals surface area contributed by atoms with E-state index in [2.05, 4.69) is 15.0 Å². The van der Waals surface area contributed by atoms with Gasteiger partial charge in [0.05, 0.1) is 41.2 Å². The molecule has 0 amide bonds. The summed E-state index contributed by atoms with van der Waals surface area (Å²) in [6.45, 7) is 7.10. The molecule has 72 heavy (non-hydrogen) atoms. The molecule has 3 aromatic carbocycles. The van der Waals surface area contributed by atoms with Gasteiger partial charge in [0.1, 0.15) is 0 Å². The zero-order valence-electron chi connectivity index (χ0n) is 42.2. The molecule has 3 N–H and O–H groups in total. The molecule has 4 heterocycles. The highest BCUT2D eigenvalue weighted by molar-refractivity contribution is 6.73. The van der Waals surface area contributed by atoms with Gasteiger partial charge in [-0.3, -0.25) is 15.0 Å². The number of rotatable bonds is 27. The van der Waals surface area contributed by atoms with E-state index in [-0.39, 0.29) is 38.8 Å². The maximum absolute atomic E-state index is 11.0. The van der Waals surface area contributed by atoms with Gasteiger partial charge in [-0.2, -0.15) is 0 Å². The number of nitrogens with zero attached hydrogens (tertiary/aromatic N) is 3. The predicted octanol–water partition coefficient (Wildman–Crippen LogP) is 9.42. The summed E-state index contributed by atoms with van der Waals surface area (Å²) in [5, 5.41) is 32.9. The third kappa shape index (κ3) is 13.9. The van der Waals surface area contributed by atoms with Gasteiger partial charge in [-0.1, -0.05) is 39.0 Å². The van der Waals surface area contributed by atoms with Gasteiger partial charge in [0.25, 0.3) is 0 Å². The molecular formula is C54H66B3N3O12. The molecule has 0 aliphatic carbocycles. The lowest BCUT2D eigenvalue weighted by atomic mass is 9.60. The molecule has 0 spiro atoms. The Balaban J connectivity index is 1.16. The van der Waals surface area contributed by atoms with Crippen molar-refractivity contribution in [2.24, 2.45) is 0 Å². The maximum atomic E-state index is 11.0. The largest absolute Gasteiger partial charge is 0.493 e. The van der Waals surface area contributed by atoms with Crippen molar-refractivity contribution in [3.05, 3.63) is 127 Å². The average Bonchev–Trinajstić information content (AvgIpc) is 3.43. The second-order valence-corrected chi connectivity index (χ2v) is 17.7. The molecule has 7 rings (SSSR count). The van der Waals surface area contributed by atoms with Gasteiger partial charge in [0, 0.05) is 91.4 Å². The van der Waals surface area contributed by atoms with Gasteiger partial charge in [-0.15, -0.1) is 0 Å². The van der Waals surface area contributed by atoms with Gasteiger partial charge < -0.3 is 57.5 Å². The third-order valence-corrected chi connectivity index (χ3v) is 12.6. The van der Waals surface area contributed by atoms with E-state index in [1.54, 1.807) is 58.5 Å². The quantitative estimate of drug-likeness (QED) is 0.0415. The lowest BCUT2D eigenvalue weighted by molar-refractivity contribution is 0.232. The van der Waals surface area contributed by atoms with Crippen molar-refractivity contribution >= 4 is 21.4 Å². The van der Waals surface area contributed by atoms with Crippen LogP contribution in [0.25, 0.3) is 33.4 Å². The number of aliphatic hydroxyl groups is 3. The van der Waals surface area contributed by atoms with Crippen molar-refractivity contribution in [1.82, 2.24) is 15.0 Å². The molecule has 0 bridgehead atoms. The molecule has 1 aliphatic rings. The van der Waals surface area contributed by atoms with E-state index in [0.717, 1.165) is 69.3 Å². The van der Waals surface area contributed by atoms with Crippen LogP contribution >= 0.6 is 0 Å². The first kappa shape index (κ1) is 53.7. The molecule has 1 aliphatic heterocycles. The van der Waals surface area contributed by atoms with E-state index in [1.165, 1.54) is 0 Å². The predicted molar refractivity (Wildman–Crippen MR) is 280 cm³/mol. The molecule has 15 nitrogen and oxygen atoms in total. The van der Waals surface area contributed by atoms with Crippen LogP contribution in [0.15, 0.2) is 110 Å². The van der Waals surface area contributed by atoms with E-state index < -0.39 is 39.1 Å². The summed E-state index contributed by atoms with van der Waals surface area (Å²) in [7, 11) is 2.25. The van der Waals surface area contributed by atoms with E-state index in [4.69, 9.17) is 42.1 Å². The molecule has 0 saturated carbocycles. The number of hydrogen-bond donors (Lipinski definition) is 3. The number of hydrogen-bond acceptors (Lipinski definition) is 15. The summed E-state index contributed by atoms with van der Waals surface area (Å²) >= 11 is 0. The molecule has 378 valence electrons. The Morgan fingerprint density at radius 3 is 0.944 bits per heavy atom. The number of aliphatic hydroxyl groups excluding tert-OH is 3. The van der Waals surface area contributed by atoms with Crippen LogP contribution in [0.5, 0.6) is 34.5 Å². The van der Waals surface area contributed by atoms with Crippen molar-refractivity contribution in [1.29, 1.82) is 0 Å². The summed E-state index contributed by atoms with van der Waals surface area (Å²) in [6, 6.07) is 23.3. The Morgan fingerprint density at radius 1 is 0.403 bits per heavy atom. The van der Waals surface area contributed by atoms with Gasteiger partial charge in [0.2, 0.25) is 0 Å². The number of methoxy groups -OCH3 is 3. The second-order valence-electron chi connectivity index (χ2n) is 17.7. The van der Waals surface area contributed by atoms with E-state index in [1.807, 2.05) is 93.6 Å². The van der Waals surface area contributed by atoms with Gasteiger partial charge in [-0.25, -0.2) is 0 Å². The molecular weight excluding hydrogens is 915 g/mol. The molecule has 3 aromatic heterocycles. The summed E-state index contributed by atoms with van der Waals surface area (Å²) in [5.41, 5.74) is 7.48. The van der Waals surface area contributed by atoms with Gasteiger partial charge >= 0.3 is 21.4 Å². The lowest BCUT2D eigenvalue weighted by Crippen LogP contribution is -2.50. The first-order chi connectivity index (χ1) is 35.2. The Kier molecular flexibility index (Phi) is 20.2. The molecule has 6 aromatic rings. The summed E-state index contributed by atoms with van der Waals surface area (Å²) < 4.78 is 54.5. The monoisotopic (exact) mass is 981 g/mol. The number of pyridine rings is 3. The highest BCUT2D eigenvalue weighted by Gasteiger charge is 2.43. The van der Waals surface area contributed by atoms with Crippen LogP contribution < -0.4 is 28.4 Å². The number of aromatic nitrogens is 3. The van der Waals surface area contributed by atoms with Crippen LogP contribution in [-0.4, -0.2) is 113 Å². The molecule has 3 atom stereocenters. The van der Waals surface area contributed by atoms with Crippen LogP contribution in [0, 0.1) is 0 Å². The molecule has 3 unspecified atom stereocenters. The Morgan fingerprint density at radius 2 is 0.694 bits per heavy atom. The van der Waals surface area contributed by atoms with Crippen molar-refractivity contribution in [2.45, 2.75) is 76.7 Å². The SMILES string of the molecule is CCCOc1cc(-c2cncc(C(CO)CB3OB(CC(CO)c4cncc(-c5ccc(OC)c(OCCC)c5)c4)OB(CC(CO)c4cncc(-c5ccc(OC)c(OCCC)c5)c4)O3)c2)ccc1OC. The molecule has 18 heteroatoms. The minimum Gasteiger partial charge on any atom is -0.493 e. The lowest BCUT2D eigenvalue weighted by Gasteiger charge is -2.35. The third-order valence-electron chi connectivity index (χ3n) is 12.6. The van der Waals surface area contributed by atoms with Crippen LogP contribution in [0.4, 0.5) is 0 Å². The van der Waals surface area contributed by atoms with Crippen LogP contribution in [0.2, 0.25) is 19.0 Å². The topological polar surface area (TPSA) is 182 Å². The average molecular weight is 982 g/mol. The minimum absolute atomic E-state index is 0.222. The zero-order chi connectivity index (χ0) is 50.8. The highest BCUT2D eigenvalue weighted by Crippen LogP contribution is 2.39. The smallest absolute Gasteiger partial charge is 0.430 e. The van der Waals surface area contributed by atoms with E-state index in [9.17, 15) is 15.3 Å². The fourth-order valence-electron chi connectivity index (χ4n) is 8.64. The number of ether oxygens (including phenoxy) is 6. The second kappa shape index (κ2) is 27.1. The van der Waals surface area contributed by atoms with Crippen LogP contribution in [0.3, 0.4) is 0 Å². The minimum atomic E-state index is -0.862. The van der Waals surface area contributed by atoms with E-state index in [0.29, 0.717) is 54.3 Å². The molecule has 1 fully saturated rings. The zero-order valence-corrected chi connectivity index (χ0v) is 42.2. The molecule has 1 saturated heterocycles. The standard InChI is InChI=1S/C54H66B3N3O12/c1-7-16-67-52-22-37(10-13-49(52)64-4)40-19-43(31-58-28-40)46(34-61)25-55-70-56(26-47(35-62)44-20-41(29-59-32-44)38-11-14-50(65-5)53(23-38)68-17-8-2)72-57(71-55)27-48(36-63)45-21-42(30-60-33-45)39-12-15-51(66-6)54(24-39)69-18-9-3/h10-15,19-24,28-33,46-48,61-63H,7-9,16-18,25-27,34-36H2,1-6H3. The van der Waals surface area contributed by atoms with Crippen molar-refractivity contribution in [3.8, 4) is 67.9 Å². The Labute approximate surface area is 424 Å². The van der Waals surface area contributed by atoms with Crippen molar-refractivity contribution < 1.29 is 57.5 Å². The summed E-state index contributed by atoms with van der Waals surface area (Å²) in [4.78, 5) is 13.7. The van der Waals surface area contributed by atoms with Gasteiger partial charge in [0.15, 0.2) is 34.5 Å². The maximum Gasteiger partial charge on any atom is 0.430 e. The fraction of sp³-hybridized carbons (Fsp3) is 0.389. The first-order valence-corrected chi connectivity index (χ1v) is 24.8. The first-order valence-electron chi connectivity index (χ1n) is 24.8. The van der Waals surface area contributed by atoms with Crippen LogP contribution in [0.1, 0.15) is 74.5 Å². The fourth-order valence-corrected chi connectivity index (χ4v) is 8.64. The summed E-state index contributed by atoms with van der Waals surface area (Å²) in [5.74, 6) is 2.44. The van der Waals surface area contributed by atoms with Crippen molar-refractivity contribution in [3.63, 3.8) is 0 Å². The Bertz CT molecular complexity index is 2360. The molecule has 0 radical (unpaired) electrons. The number of benzene rings is 3. The van der Waals surface area contributed by atoms with E-state index >= 15 is 0 Å². The van der Waals surface area contributed by atoms with Crippen molar-refractivity contribution in [2.75, 3.05) is 61.0 Å². The normalized spacial score (nSPS) is 13.9. The Hall–Kier alpha value is -6.14. The van der Waals surface area contributed by atoms with Crippen LogP contribution in [-0.2, 0) is 13.7 Å². The van der Waals surface area contributed by atoms with Gasteiger partial charge in [-0.05, 0) is 126 Å².